The van der Waals surface area contributed by atoms with Gasteiger partial charge in [-0.2, -0.15) is 0 Å². The number of hydrogen-bond donors (Lipinski definition) is 1. The molecule has 0 aromatic heterocycles. The summed E-state index contributed by atoms with van der Waals surface area (Å²) in [5.41, 5.74) is 2.74. The summed E-state index contributed by atoms with van der Waals surface area (Å²) in [6.45, 7) is 7.44. The molecule has 0 radical (unpaired) electrons. The predicted molar refractivity (Wildman–Crippen MR) is 103 cm³/mol. The highest BCUT2D eigenvalue weighted by Gasteiger charge is 2.19. The maximum atomic E-state index is 12.2. The lowest BCUT2D eigenvalue weighted by atomic mass is 10.1. The van der Waals surface area contributed by atoms with Crippen molar-refractivity contribution in [2.75, 3.05) is 18.5 Å². The Kier molecular flexibility index (Phi) is 7.23. The van der Waals surface area contributed by atoms with Crippen molar-refractivity contribution in [1.29, 1.82) is 0 Å². The minimum Gasteiger partial charge on any atom is -0.490 e. The number of rotatable bonds is 8. The van der Waals surface area contributed by atoms with Crippen molar-refractivity contribution >= 4 is 17.6 Å². The summed E-state index contributed by atoms with van der Waals surface area (Å²) in [6, 6.07) is 12.8. The lowest BCUT2D eigenvalue weighted by molar-refractivity contribution is -0.155. The summed E-state index contributed by atoms with van der Waals surface area (Å²) in [4.78, 5) is 24.2. The topological polar surface area (TPSA) is 73.9 Å². The first kappa shape index (κ1) is 20.3. The number of ether oxygens (including phenoxy) is 3. The second kappa shape index (κ2) is 9.62. The zero-order valence-corrected chi connectivity index (χ0v) is 16.1. The molecule has 0 aliphatic rings. The fourth-order valence-electron chi connectivity index (χ4n) is 2.45. The molecule has 144 valence electrons. The monoisotopic (exact) mass is 371 g/mol. The van der Waals surface area contributed by atoms with E-state index < -0.39 is 18.0 Å². The molecule has 2 rings (SSSR count). The number of aryl methyl sites for hydroxylation is 2. The maximum Gasteiger partial charge on any atom is 0.344 e. The number of anilines is 1. The van der Waals surface area contributed by atoms with Crippen LogP contribution >= 0.6 is 0 Å². The molecule has 0 spiro atoms. The number of amides is 1. The Bertz CT molecular complexity index is 803. The minimum absolute atomic E-state index is 0.314. The lowest BCUT2D eigenvalue weighted by Crippen LogP contribution is -2.31. The molecule has 0 heterocycles. The van der Waals surface area contributed by atoms with Gasteiger partial charge in [0.2, 0.25) is 0 Å². The van der Waals surface area contributed by atoms with Crippen molar-refractivity contribution in [3.05, 3.63) is 53.6 Å². The Morgan fingerprint density at radius 1 is 1.04 bits per heavy atom. The fourth-order valence-corrected chi connectivity index (χ4v) is 2.45. The van der Waals surface area contributed by atoms with Crippen LogP contribution in [0.15, 0.2) is 42.5 Å². The lowest BCUT2D eigenvalue weighted by Gasteiger charge is -2.16. The Hall–Kier alpha value is -3.02. The number of carbonyl (C=O) groups excluding carboxylic acids is 2. The molecule has 2 aromatic carbocycles. The number of benzene rings is 2. The number of esters is 1. The van der Waals surface area contributed by atoms with Gasteiger partial charge in [0.05, 0.1) is 6.61 Å². The third-order valence-electron chi connectivity index (χ3n) is 3.81. The van der Waals surface area contributed by atoms with Gasteiger partial charge in [-0.25, -0.2) is 4.79 Å². The Labute approximate surface area is 159 Å². The highest BCUT2D eigenvalue weighted by Crippen LogP contribution is 2.26. The summed E-state index contributed by atoms with van der Waals surface area (Å²) in [5.74, 6) is -0.0354. The number of nitrogens with one attached hydrogen (secondary N) is 1. The van der Waals surface area contributed by atoms with Crippen LogP contribution in [-0.2, 0) is 14.3 Å². The number of carbonyl (C=O) groups is 2. The predicted octanol–water partition coefficient (Wildman–Crippen LogP) is 3.65. The molecule has 6 heteroatoms. The second-order valence-electron chi connectivity index (χ2n) is 6.11. The Morgan fingerprint density at radius 2 is 1.70 bits per heavy atom. The zero-order chi connectivity index (χ0) is 19.8. The average molecular weight is 371 g/mol. The van der Waals surface area contributed by atoms with Gasteiger partial charge in [-0.05, 0) is 51.5 Å². The van der Waals surface area contributed by atoms with E-state index in [0.717, 1.165) is 11.1 Å². The van der Waals surface area contributed by atoms with Gasteiger partial charge in [0.15, 0.2) is 24.2 Å². The van der Waals surface area contributed by atoms with Crippen LogP contribution in [0.25, 0.3) is 0 Å². The first-order valence-corrected chi connectivity index (χ1v) is 8.83. The molecule has 0 aliphatic carbocycles. The van der Waals surface area contributed by atoms with Crippen LogP contribution in [0.3, 0.4) is 0 Å². The third-order valence-corrected chi connectivity index (χ3v) is 3.81. The van der Waals surface area contributed by atoms with Crippen LogP contribution in [0.1, 0.15) is 25.0 Å². The van der Waals surface area contributed by atoms with Gasteiger partial charge < -0.3 is 19.5 Å². The summed E-state index contributed by atoms with van der Waals surface area (Å²) in [6.07, 6.45) is -0.941. The third kappa shape index (κ3) is 6.02. The molecule has 0 aliphatic heterocycles. The summed E-state index contributed by atoms with van der Waals surface area (Å²) < 4.78 is 16.0. The van der Waals surface area contributed by atoms with Crippen LogP contribution < -0.4 is 14.8 Å². The normalized spacial score (nSPS) is 11.4. The smallest absolute Gasteiger partial charge is 0.344 e. The summed E-state index contributed by atoms with van der Waals surface area (Å²) >= 11 is 0. The first-order chi connectivity index (χ1) is 12.9. The van der Waals surface area contributed by atoms with E-state index in [2.05, 4.69) is 5.32 Å². The molecule has 0 bridgehead atoms. The SMILES string of the molecule is CCOc1ccccc1OCC(=O)O[C@H](C)C(=O)Nc1ccc(C)cc1C. The minimum atomic E-state index is -0.941. The molecule has 6 nitrogen and oxygen atoms in total. The quantitative estimate of drug-likeness (QED) is 0.717. The van der Waals surface area contributed by atoms with Crippen LogP contribution in [-0.4, -0.2) is 31.2 Å². The molecule has 0 saturated heterocycles. The van der Waals surface area contributed by atoms with Crippen molar-refractivity contribution in [2.45, 2.75) is 33.8 Å². The van der Waals surface area contributed by atoms with E-state index in [1.807, 2.05) is 45.0 Å². The Morgan fingerprint density at radius 3 is 2.33 bits per heavy atom. The summed E-state index contributed by atoms with van der Waals surface area (Å²) in [5, 5.41) is 2.77. The molecule has 1 amide bonds. The van der Waals surface area contributed by atoms with Gasteiger partial charge in [-0.3, -0.25) is 4.79 Å². The van der Waals surface area contributed by atoms with Crippen LogP contribution in [0.2, 0.25) is 0 Å². The van der Waals surface area contributed by atoms with Gasteiger partial charge in [0.1, 0.15) is 0 Å². The molecule has 0 fully saturated rings. The molecule has 1 atom stereocenters. The maximum absolute atomic E-state index is 12.2. The van der Waals surface area contributed by atoms with Crippen molar-refractivity contribution in [1.82, 2.24) is 0 Å². The molecular formula is C21H25NO5. The van der Waals surface area contributed by atoms with Crippen molar-refractivity contribution < 1.29 is 23.8 Å². The van der Waals surface area contributed by atoms with Gasteiger partial charge in [-0.1, -0.05) is 29.8 Å². The van der Waals surface area contributed by atoms with E-state index in [1.54, 1.807) is 18.2 Å². The van der Waals surface area contributed by atoms with E-state index in [-0.39, 0.29) is 6.61 Å². The van der Waals surface area contributed by atoms with Gasteiger partial charge in [-0.15, -0.1) is 0 Å². The molecule has 27 heavy (non-hydrogen) atoms. The number of para-hydroxylation sites is 2. The Balaban J connectivity index is 1.87. The number of hydrogen-bond acceptors (Lipinski definition) is 5. The second-order valence-corrected chi connectivity index (χ2v) is 6.11. The molecular weight excluding hydrogens is 346 g/mol. The van der Waals surface area contributed by atoms with Crippen molar-refractivity contribution in [2.24, 2.45) is 0 Å². The van der Waals surface area contributed by atoms with Gasteiger partial charge >= 0.3 is 5.97 Å². The molecule has 1 N–H and O–H groups in total. The van der Waals surface area contributed by atoms with E-state index in [0.29, 0.717) is 23.8 Å². The highest BCUT2D eigenvalue weighted by atomic mass is 16.6. The van der Waals surface area contributed by atoms with Gasteiger partial charge in [0.25, 0.3) is 5.91 Å². The van der Waals surface area contributed by atoms with E-state index in [1.165, 1.54) is 6.92 Å². The first-order valence-electron chi connectivity index (χ1n) is 8.83. The molecule has 2 aromatic rings. The van der Waals surface area contributed by atoms with Crippen molar-refractivity contribution in [3.63, 3.8) is 0 Å². The zero-order valence-electron chi connectivity index (χ0n) is 16.1. The van der Waals surface area contributed by atoms with Crippen molar-refractivity contribution in [3.8, 4) is 11.5 Å². The largest absolute Gasteiger partial charge is 0.490 e. The highest BCUT2D eigenvalue weighted by molar-refractivity contribution is 5.95. The molecule has 0 saturated carbocycles. The standard InChI is InChI=1S/C21H25NO5/c1-5-25-18-8-6-7-9-19(18)26-13-20(23)27-16(4)21(24)22-17-11-10-14(2)12-15(17)3/h6-12,16H,5,13H2,1-4H3,(H,22,24)/t16-/m1/s1. The van der Waals surface area contributed by atoms with Crippen LogP contribution in [0.4, 0.5) is 5.69 Å². The summed E-state index contributed by atoms with van der Waals surface area (Å²) in [7, 11) is 0. The van der Waals surface area contributed by atoms with Gasteiger partial charge in [0, 0.05) is 5.69 Å². The van der Waals surface area contributed by atoms with Crippen LogP contribution in [0, 0.1) is 13.8 Å². The van der Waals surface area contributed by atoms with E-state index in [4.69, 9.17) is 14.2 Å². The van der Waals surface area contributed by atoms with E-state index in [9.17, 15) is 9.59 Å². The van der Waals surface area contributed by atoms with Crippen LogP contribution in [0.5, 0.6) is 11.5 Å². The van der Waals surface area contributed by atoms with E-state index >= 15 is 0 Å². The molecule has 0 unspecified atom stereocenters. The fraction of sp³-hybridized carbons (Fsp3) is 0.333. The average Bonchev–Trinajstić information content (AvgIpc) is 2.63.